The second-order valence-corrected chi connectivity index (χ2v) is 3.98. The highest BCUT2D eigenvalue weighted by Crippen LogP contribution is 2.34. The number of carboxylic acids is 1. The summed E-state index contributed by atoms with van der Waals surface area (Å²) in [7, 11) is 0. The van der Waals surface area contributed by atoms with E-state index in [-0.39, 0.29) is 23.8 Å². The minimum Gasteiger partial charge on any atom is -0.481 e. The lowest BCUT2D eigenvalue weighted by molar-refractivity contribution is -0.137. The summed E-state index contributed by atoms with van der Waals surface area (Å²) >= 11 is 4.79. The van der Waals surface area contributed by atoms with E-state index in [1.54, 1.807) is 0 Å². The molecule has 19 heavy (non-hydrogen) atoms. The van der Waals surface area contributed by atoms with Crippen molar-refractivity contribution in [1.29, 1.82) is 0 Å². The molecule has 1 aromatic carbocycles. The number of hydrogen-bond acceptors (Lipinski definition) is 2. The normalized spacial score (nSPS) is 10.9. The average Bonchev–Trinajstić information content (AvgIpc) is 2.27. The first-order valence-corrected chi connectivity index (χ1v) is 5.64. The number of thiocarbonyl (C=S) groups is 1. The molecular weight excluding hydrogens is 281 g/mol. The molecule has 0 aliphatic rings. The van der Waals surface area contributed by atoms with Gasteiger partial charge in [0.2, 0.25) is 0 Å². The fourth-order valence-corrected chi connectivity index (χ4v) is 1.50. The van der Waals surface area contributed by atoms with E-state index in [2.05, 4.69) is 10.6 Å². The van der Waals surface area contributed by atoms with Gasteiger partial charge in [-0.1, -0.05) is 12.1 Å². The SMILES string of the molecule is O=C(O)CCNC(=S)Nc1ccccc1C(F)(F)F. The van der Waals surface area contributed by atoms with Crippen molar-refractivity contribution in [3.63, 3.8) is 0 Å². The highest BCUT2D eigenvalue weighted by atomic mass is 32.1. The fraction of sp³-hybridized carbons (Fsp3) is 0.273. The van der Waals surface area contributed by atoms with Crippen LogP contribution in [0.3, 0.4) is 0 Å². The summed E-state index contributed by atoms with van der Waals surface area (Å²) < 4.78 is 38.0. The van der Waals surface area contributed by atoms with Gasteiger partial charge in [-0.3, -0.25) is 4.79 Å². The highest BCUT2D eigenvalue weighted by molar-refractivity contribution is 7.80. The number of anilines is 1. The second kappa shape index (κ2) is 6.37. The number of alkyl halides is 3. The zero-order valence-corrected chi connectivity index (χ0v) is 10.4. The predicted molar refractivity (Wildman–Crippen MR) is 67.9 cm³/mol. The molecule has 0 saturated heterocycles. The minimum absolute atomic E-state index is 0.0371. The molecule has 0 saturated carbocycles. The number of carboxylic acid groups (broad SMARTS) is 1. The first-order chi connectivity index (χ1) is 8.80. The van der Waals surface area contributed by atoms with Crippen LogP contribution in [-0.4, -0.2) is 22.7 Å². The third kappa shape index (κ3) is 5.12. The number of nitrogens with one attached hydrogen (secondary N) is 2. The third-order valence-electron chi connectivity index (χ3n) is 2.11. The summed E-state index contributed by atoms with van der Waals surface area (Å²) in [4.78, 5) is 10.3. The van der Waals surface area contributed by atoms with Gasteiger partial charge in [-0.15, -0.1) is 0 Å². The standard InChI is InChI=1S/C11H11F3N2O2S/c12-11(13,14)7-3-1-2-4-8(7)16-10(19)15-6-5-9(17)18/h1-4H,5-6H2,(H,17,18)(H2,15,16,19). The fourth-order valence-electron chi connectivity index (χ4n) is 1.29. The Morgan fingerprint density at radius 3 is 2.53 bits per heavy atom. The van der Waals surface area contributed by atoms with Gasteiger partial charge in [-0.25, -0.2) is 0 Å². The predicted octanol–water partition coefficient (Wildman–Crippen LogP) is 2.47. The van der Waals surface area contributed by atoms with Crippen LogP contribution >= 0.6 is 12.2 Å². The maximum absolute atomic E-state index is 12.7. The smallest absolute Gasteiger partial charge is 0.418 e. The lowest BCUT2D eigenvalue weighted by Gasteiger charge is -2.15. The molecule has 0 amide bonds. The zero-order valence-electron chi connectivity index (χ0n) is 9.62. The van der Waals surface area contributed by atoms with Gasteiger partial charge in [0.1, 0.15) is 0 Å². The largest absolute Gasteiger partial charge is 0.481 e. The van der Waals surface area contributed by atoms with Crippen LogP contribution in [0.4, 0.5) is 18.9 Å². The Morgan fingerprint density at radius 2 is 1.95 bits per heavy atom. The zero-order chi connectivity index (χ0) is 14.5. The van der Waals surface area contributed by atoms with E-state index >= 15 is 0 Å². The number of hydrogen-bond donors (Lipinski definition) is 3. The van der Waals surface area contributed by atoms with Gasteiger partial charge in [-0.2, -0.15) is 13.2 Å². The molecule has 0 radical (unpaired) electrons. The Kier molecular flexibility index (Phi) is 5.11. The van der Waals surface area contributed by atoms with Crippen molar-refractivity contribution in [3.05, 3.63) is 29.8 Å². The molecule has 0 atom stereocenters. The topological polar surface area (TPSA) is 61.4 Å². The van der Waals surface area contributed by atoms with E-state index in [1.165, 1.54) is 18.2 Å². The summed E-state index contributed by atoms with van der Waals surface area (Å²) in [5.74, 6) is -1.02. The number of carbonyl (C=O) groups is 1. The number of benzene rings is 1. The highest BCUT2D eigenvalue weighted by Gasteiger charge is 2.33. The molecule has 104 valence electrons. The summed E-state index contributed by atoms with van der Waals surface area (Å²) in [5.41, 5.74) is -1.01. The van der Waals surface area contributed by atoms with Crippen molar-refractivity contribution >= 4 is 29.0 Å². The molecule has 0 bridgehead atoms. The molecule has 8 heteroatoms. The Bertz CT molecular complexity index is 477. The molecule has 0 fully saturated rings. The monoisotopic (exact) mass is 292 g/mol. The summed E-state index contributed by atoms with van der Waals surface area (Å²) in [6.07, 6.45) is -4.66. The number of aliphatic carboxylic acids is 1. The second-order valence-electron chi connectivity index (χ2n) is 3.57. The van der Waals surface area contributed by atoms with Crippen molar-refractivity contribution in [1.82, 2.24) is 5.32 Å². The van der Waals surface area contributed by atoms with Gasteiger partial charge in [-0.05, 0) is 24.4 Å². The van der Waals surface area contributed by atoms with E-state index in [1.807, 2.05) is 0 Å². The van der Waals surface area contributed by atoms with Crippen LogP contribution in [0.25, 0.3) is 0 Å². The number of halogens is 3. The Balaban J connectivity index is 2.67. The van der Waals surface area contributed by atoms with Crippen LogP contribution in [0.1, 0.15) is 12.0 Å². The minimum atomic E-state index is -4.49. The van der Waals surface area contributed by atoms with Crippen LogP contribution in [0, 0.1) is 0 Å². The molecule has 0 aliphatic carbocycles. The van der Waals surface area contributed by atoms with Gasteiger partial charge in [0.15, 0.2) is 5.11 Å². The van der Waals surface area contributed by atoms with Crippen LogP contribution in [-0.2, 0) is 11.0 Å². The molecule has 1 aromatic rings. The summed E-state index contributed by atoms with van der Waals surface area (Å²) in [5, 5.41) is 13.3. The van der Waals surface area contributed by atoms with Gasteiger partial charge in [0.05, 0.1) is 17.7 Å². The van der Waals surface area contributed by atoms with Crippen molar-refractivity contribution in [3.8, 4) is 0 Å². The summed E-state index contributed by atoms with van der Waals surface area (Å²) in [6, 6.07) is 4.89. The Hall–Kier alpha value is -1.83. The van der Waals surface area contributed by atoms with Gasteiger partial charge in [0, 0.05) is 6.54 Å². The van der Waals surface area contributed by atoms with Gasteiger partial charge >= 0.3 is 12.1 Å². The number of para-hydroxylation sites is 1. The maximum Gasteiger partial charge on any atom is 0.418 e. The molecule has 0 heterocycles. The van der Waals surface area contributed by atoms with Gasteiger partial charge in [0.25, 0.3) is 0 Å². The van der Waals surface area contributed by atoms with Gasteiger partial charge < -0.3 is 15.7 Å². The van der Waals surface area contributed by atoms with Crippen LogP contribution in [0.2, 0.25) is 0 Å². The molecule has 0 spiro atoms. The quantitative estimate of drug-likeness (QED) is 0.744. The van der Waals surface area contributed by atoms with Crippen molar-refractivity contribution < 1.29 is 23.1 Å². The lowest BCUT2D eigenvalue weighted by Crippen LogP contribution is -2.31. The molecular formula is C11H11F3N2O2S. The first kappa shape index (κ1) is 15.2. The van der Waals surface area contributed by atoms with Crippen molar-refractivity contribution in [2.75, 3.05) is 11.9 Å². The maximum atomic E-state index is 12.7. The van der Waals surface area contributed by atoms with E-state index in [0.717, 1.165) is 6.07 Å². The van der Waals surface area contributed by atoms with Crippen molar-refractivity contribution in [2.24, 2.45) is 0 Å². The van der Waals surface area contributed by atoms with Crippen molar-refractivity contribution in [2.45, 2.75) is 12.6 Å². The lowest BCUT2D eigenvalue weighted by atomic mass is 10.1. The summed E-state index contributed by atoms with van der Waals surface area (Å²) in [6.45, 7) is 0.0371. The molecule has 0 aromatic heterocycles. The third-order valence-corrected chi connectivity index (χ3v) is 2.35. The van der Waals surface area contributed by atoms with Crippen LogP contribution in [0.5, 0.6) is 0 Å². The average molecular weight is 292 g/mol. The molecule has 3 N–H and O–H groups in total. The van der Waals surface area contributed by atoms with E-state index < -0.39 is 17.7 Å². The first-order valence-electron chi connectivity index (χ1n) is 5.23. The molecule has 4 nitrogen and oxygen atoms in total. The van der Waals surface area contributed by atoms with E-state index in [9.17, 15) is 18.0 Å². The number of rotatable bonds is 4. The Morgan fingerprint density at radius 1 is 1.32 bits per heavy atom. The van der Waals surface area contributed by atoms with E-state index in [4.69, 9.17) is 17.3 Å². The van der Waals surface area contributed by atoms with E-state index in [0.29, 0.717) is 0 Å². The van der Waals surface area contributed by atoms with Crippen LogP contribution in [0.15, 0.2) is 24.3 Å². The Labute approximate surface area is 112 Å². The molecule has 0 aliphatic heterocycles. The molecule has 0 unspecified atom stereocenters. The molecule has 1 rings (SSSR count). The van der Waals surface area contributed by atoms with Crippen LogP contribution < -0.4 is 10.6 Å².